The second-order valence-electron chi connectivity index (χ2n) is 3.25. The van der Waals surface area contributed by atoms with E-state index in [0.717, 1.165) is 30.9 Å². The Bertz CT molecular complexity index is 307. The molecule has 5 heteroatoms. The standard InChI is InChI=1S/C10H14N2O.2ClH/c13-7-8-1-2-9-6-11-3-4-12-10(9)5-8;;/h1-2,5,11-13H,3-4,6-7H2;2*1H. The molecule has 0 radical (unpaired) electrons. The second kappa shape index (κ2) is 6.90. The fourth-order valence-electron chi connectivity index (χ4n) is 1.55. The van der Waals surface area contributed by atoms with Gasteiger partial charge in [0, 0.05) is 25.3 Å². The van der Waals surface area contributed by atoms with E-state index in [-0.39, 0.29) is 31.4 Å². The maximum Gasteiger partial charge on any atom is 0.0682 e. The molecule has 1 aliphatic rings. The Hall–Kier alpha value is -0.480. The van der Waals surface area contributed by atoms with E-state index in [2.05, 4.69) is 16.7 Å². The van der Waals surface area contributed by atoms with Gasteiger partial charge in [-0.2, -0.15) is 0 Å². The van der Waals surface area contributed by atoms with Crippen LogP contribution in [0.5, 0.6) is 0 Å². The maximum atomic E-state index is 8.97. The molecule has 0 fully saturated rings. The number of anilines is 1. The van der Waals surface area contributed by atoms with E-state index in [1.165, 1.54) is 5.56 Å². The molecule has 1 aliphatic heterocycles. The van der Waals surface area contributed by atoms with Crippen LogP contribution in [0, 0.1) is 0 Å². The summed E-state index contributed by atoms with van der Waals surface area (Å²) in [4.78, 5) is 0. The summed E-state index contributed by atoms with van der Waals surface area (Å²) in [6, 6.07) is 6.04. The lowest BCUT2D eigenvalue weighted by Gasteiger charge is -2.08. The van der Waals surface area contributed by atoms with Gasteiger partial charge in [0.1, 0.15) is 0 Å². The van der Waals surface area contributed by atoms with Crippen LogP contribution >= 0.6 is 24.8 Å². The van der Waals surface area contributed by atoms with Crippen molar-refractivity contribution in [3.63, 3.8) is 0 Å². The Morgan fingerprint density at radius 2 is 2.00 bits per heavy atom. The number of aliphatic hydroxyl groups is 1. The van der Waals surface area contributed by atoms with Crippen LogP contribution in [0.25, 0.3) is 0 Å². The van der Waals surface area contributed by atoms with E-state index in [4.69, 9.17) is 5.11 Å². The number of aliphatic hydroxyl groups excluding tert-OH is 1. The van der Waals surface area contributed by atoms with Gasteiger partial charge in [-0.25, -0.2) is 0 Å². The zero-order valence-corrected chi connectivity index (χ0v) is 9.96. The highest BCUT2D eigenvalue weighted by atomic mass is 35.5. The Morgan fingerprint density at radius 1 is 1.20 bits per heavy atom. The summed E-state index contributed by atoms with van der Waals surface area (Å²) in [5.41, 5.74) is 3.39. The van der Waals surface area contributed by atoms with Crippen molar-refractivity contribution in [2.24, 2.45) is 0 Å². The normalized spacial score (nSPS) is 13.7. The lowest BCUT2D eigenvalue weighted by atomic mass is 10.1. The smallest absolute Gasteiger partial charge is 0.0682 e. The molecule has 3 nitrogen and oxygen atoms in total. The molecule has 3 N–H and O–H groups in total. The average molecular weight is 251 g/mol. The fraction of sp³-hybridized carbons (Fsp3) is 0.400. The first kappa shape index (κ1) is 14.5. The number of halogens is 2. The third-order valence-corrected chi connectivity index (χ3v) is 2.29. The second-order valence-corrected chi connectivity index (χ2v) is 3.25. The zero-order chi connectivity index (χ0) is 9.10. The highest BCUT2D eigenvalue weighted by Gasteiger charge is 2.06. The summed E-state index contributed by atoms with van der Waals surface area (Å²) < 4.78 is 0. The highest BCUT2D eigenvalue weighted by molar-refractivity contribution is 5.85. The van der Waals surface area contributed by atoms with E-state index >= 15 is 0 Å². The average Bonchev–Trinajstić information content (AvgIpc) is 2.41. The van der Waals surface area contributed by atoms with Gasteiger partial charge in [0.2, 0.25) is 0 Å². The van der Waals surface area contributed by atoms with Crippen LogP contribution in [0.2, 0.25) is 0 Å². The zero-order valence-electron chi connectivity index (χ0n) is 8.32. The van der Waals surface area contributed by atoms with Crippen molar-refractivity contribution in [1.82, 2.24) is 5.32 Å². The summed E-state index contributed by atoms with van der Waals surface area (Å²) in [5, 5.41) is 15.6. The molecule has 86 valence electrons. The minimum atomic E-state index is 0. The summed E-state index contributed by atoms with van der Waals surface area (Å²) in [6.45, 7) is 2.96. The van der Waals surface area contributed by atoms with E-state index in [9.17, 15) is 0 Å². The number of hydrogen-bond donors (Lipinski definition) is 3. The third kappa shape index (κ3) is 3.54. The van der Waals surface area contributed by atoms with Crippen molar-refractivity contribution in [1.29, 1.82) is 0 Å². The molecule has 0 atom stereocenters. The van der Waals surface area contributed by atoms with Gasteiger partial charge in [0.25, 0.3) is 0 Å². The van der Waals surface area contributed by atoms with Crippen LogP contribution in [0.3, 0.4) is 0 Å². The van der Waals surface area contributed by atoms with Crippen LogP contribution in [0.15, 0.2) is 18.2 Å². The van der Waals surface area contributed by atoms with Gasteiger partial charge in [-0.05, 0) is 17.2 Å². The van der Waals surface area contributed by atoms with Crippen molar-refractivity contribution in [2.45, 2.75) is 13.2 Å². The third-order valence-electron chi connectivity index (χ3n) is 2.29. The van der Waals surface area contributed by atoms with Crippen molar-refractivity contribution >= 4 is 30.5 Å². The first-order chi connectivity index (χ1) is 6.40. The van der Waals surface area contributed by atoms with Gasteiger partial charge in [-0.1, -0.05) is 12.1 Å². The maximum absolute atomic E-state index is 8.97. The molecule has 0 saturated heterocycles. The van der Waals surface area contributed by atoms with Crippen molar-refractivity contribution < 1.29 is 5.11 Å². The predicted molar refractivity (Wildman–Crippen MR) is 67.1 cm³/mol. The molecule has 0 aromatic heterocycles. The number of rotatable bonds is 1. The van der Waals surface area contributed by atoms with Crippen LogP contribution < -0.4 is 10.6 Å². The lowest BCUT2D eigenvalue weighted by Crippen LogP contribution is -2.16. The Morgan fingerprint density at radius 3 is 2.73 bits per heavy atom. The van der Waals surface area contributed by atoms with Crippen LogP contribution in [-0.2, 0) is 13.2 Å². The molecule has 0 spiro atoms. The molecule has 1 aromatic carbocycles. The number of benzene rings is 1. The van der Waals surface area contributed by atoms with Gasteiger partial charge in [0.15, 0.2) is 0 Å². The topological polar surface area (TPSA) is 44.3 Å². The molecule has 0 bridgehead atoms. The quantitative estimate of drug-likeness (QED) is 0.709. The Kier molecular flexibility index (Phi) is 6.68. The number of hydrogen-bond acceptors (Lipinski definition) is 3. The largest absolute Gasteiger partial charge is 0.392 e. The fourth-order valence-corrected chi connectivity index (χ4v) is 1.55. The molecule has 1 heterocycles. The minimum Gasteiger partial charge on any atom is -0.392 e. The first-order valence-corrected chi connectivity index (χ1v) is 4.57. The molecular weight excluding hydrogens is 235 g/mol. The van der Waals surface area contributed by atoms with Crippen LogP contribution in [0.4, 0.5) is 5.69 Å². The van der Waals surface area contributed by atoms with Crippen molar-refractivity contribution in [3.8, 4) is 0 Å². The lowest BCUT2D eigenvalue weighted by molar-refractivity contribution is 0.282. The molecule has 15 heavy (non-hydrogen) atoms. The molecule has 0 aliphatic carbocycles. The van der Waals surface area contributed by atoms with E-state index in [1.807, 2.05) is 12.1 Å². The Labute approximate surface area is 102 Å². The highest BCUT2D eigenvalue weighted by Crippen LogP contribution is 2.18. The minimum absolute atomic E-state index is 0. The van der Waals surface area contributed by atoms with Crippen LogP contribution in [0.1, 0.15) is 11.1 Å². The molecule has 0 unspecified atom stereocenters. The SMILES string of the molecule is Cl.Cl.OCc1ccc2c(c1)NCCNC2. The van der Waals surface area contributed by atoms with Gasteiger partial charge in [0.05, 0.1) is 6.61 Å². The van der Waals surface area contributed by atoms with Crippen molar-refractivity contribution in [2.75, 3.05) is 18.4 Å². The number of fused-ring (bicyclic) bond motifs is 1. The van der Waals surface area contributed by atoms with E-state index < -0.39 is 0 Å². The van der Waals surface area contributed by atoms with Crippen molar-refractivity contribution in [3.05, 3.63) is 29.3 Å². The van der Waals surface area contributed by atoms with Gasteiger partial charge in [-0.3, -0.25) is 0 Å². The predicted octanol–water partition coefficient (Wildman–Crippen LogP) is 1.54. The summed E-state index contributed by atoms with van der Waals surface area (Å²) >= 11 is 0. The Balaban J connectivity index is 0.000000980. The van der Waals surface area contributed by atoms with Gasteiger partial charge < -0.3 is 15.7 Å². The van der Waals surface area contributed by atoms with E-state index in [0.29, 0.717) is 0 Å². The van der Waals surface area contributed by atoms with Gasteiger partial charge >= 0.3 is 0 Å². The van der Waals surface area contributed by atoms with E-state index in [1.54, 1.807) is 0 Å². The van der Waals surface area contributed by atoms with Crippen LogP contribution in [-0.4, -0.2) is 18.2 Å². The molecule has 0 saturated carbocycles. The van der Waals surface area contributed by atoms with Gasteiger partial charge in [-0.15, -0.1) is 24.8 Å². The summed E-state index contributed by atoms with van der Waals surface area (Å²) in [6.07, 6.45) is 0. The first-order valence-electron chi connectivity index (χ1n) is 4.57. The summed E-state index contributed by atoms with van der Waals surface area (Å²) in [5.74, 6) is 0. The number of nitrogens with one attached hydrogen (secondary N) is 2. The molecule has 1 aromatic rings. The monoisotopic (exact) mass is 250 g/mol. The molecule has 0 amide bonds. The summed E-state index contributed by atoms with van der Waals surface area (Å²) in [7, 11) is 0. The molecule has 2 rings (SSSR count). The molecular formula is C10H16Cl2N2O.